The van der Waals surface area contributed by atoms with Gasteiger partial charge in [0.05, 0.1) is 0 Å². The summed E-state index contributed by atoms with van der Waals surface area (Å²) < 4.78 is 43.0. The number of carbonyl (C=O) groups excluding carboxylic acids is 2. The number of alkyl halides is 3. The Hall–Kier alpha value is -2.64. The van der Waals surface area contributed by atoms with Crippen molar-refractivity contribution in [2.45, 2.75) is 25.7 Å². The van der Waals surface area contributed by atoms with E-state index >= 15 is 0 Å². The van der Waals surface area contributed by atoms with Crippen LogP contribution in [0.5, 0.6) is 0 Å². The number of hydrogen-bond donors (Lipinski definition) is 0. The molecule has 1 unspecified atom stereocenters. The first-order valence-corrected chi connectivity index (χ1v) is 6.67. The summed E-state index contributed by atoms with van der Waals surface area (Å²) in [5.41, 5.74) is -0.718. The van der Waals surface area contributed by atoms with Crippen LogP contribution in [0.2, 0.25) is 0 Å². The van der Waals surface area contributed by atoms with Gasteiger partial charge in [-0.3, -0.25) is 14.3 Å². The highest BCUT2D eigenvalue weighted by Crippen LogP contribution is 2.27. The zero-order chi connectivity index (χ0) is 17.0. The Kier molecular flexibility index (Phi) is 4.83. The van der Waals surface area contributed by atoms with E-state index in [-0.39, 0.29) is 0 Å². The summed E-state index contributed by atoms with van der Waals surface area (Å²) in [5.74, 6) is -1.24. The summed E-state index contributed by atoms with van der Waals surface area (Å²) in [4.78, 5) is 23.7. The fraction of sp³-hybridized carbons (Fsp3) is 0.267. The first-order valence-electron chi connectivity index (χ1n) is 6.67. The molecule has 23 heavy (non-hydrogen) atoms. The van der Waals surface area contributed by atoms with Gasteiger partial charge in [0, 0.05) is 11.8 Å². The molecule has 1 aromatic carbocycles. The molecule has 0 bridgehead atoms. The number of nitrogens with zero attached hydrogens (tertiary/aromatic N) is 2. The summed E-state index contributed by atoms with van der Waals surface area (Å²) in [7, 11) is 0. The molecule has 0 fully saturated rings. The van der Waals surface area contributed by atoms with Crippen molar-refractivity contribution in [1.82, 2.24) is 9.78 Å². The second-order valence-corrected chi connectivity index (χ2v) is 4.76. The van der Waals surface area contributed by atoms with Crippen LogP contribution < -0.4 is 0 Å². The zero-order valence-corrected chi connectivity index (χ0v) is 12.1. The molecule has 5 nitrogen and oxygen atoms in total. The zero-order valence-electron chi connectivity index (χ0n) is 12.1. The molecule has 0 aliphatic heterocycles. The normalized spacial score (nSPS) is 12.7. The molecule has 2 rings (SSSR count). The van der Waals surface area contributed by atoms with Crippen molar-refractivity contribution in [3.63, 3.8) is 0 Å². The molecule has 0 N–H and O–H groups in total. The van der Waals surface area contributed by atoms with E-state index in [0.717, 1.165) is 16.9 Å². The maximum Gasteiger partial charge on any atom is 0.435 e. The predicted octanol–water partition coefficient (Wildman–Crippen LogP) is 2.72. The number of ketones is 1. The van der Waals surface area contributed by atoms with Gasteiger partial charge in [0.1, 0.15) is 6.54 Å². The average molecular weight is 326 g/mol. The molecule has 122 valence electrons. The Balaban J connectivity index is 1.94. The Labute approximate surface area is 129 Å². The van der Waals surface area contributed by atoms with Crippen molar-refractivity contribution < 1.29 is 27.5 Å². The second kappa shape index (κ2) is 6.64. The van der Waals surface area contributed by atoms with Crippen molar-refractivity contribution in [3.8, 4) is 0 Å². The number of Topliss-reactive ketones (excluding diaryl/α,β-unsaturated/α-hetero) is 1. The first kappa shape index (κ1) is 16.7. The van der Waals surface area contributed by atoms with Crippen LogP contribution in [0.3, 0.4) is 0 Å². The highest BCUT2D eigenvalue weighted by molar-refractivity contribution is 6.00. The number of carbonyl (C=O) groups is 2. The van der Waals surface area contributed by atoms with Gasteiger partial charge in [0.25, 0.3) is 0 Å². The van der Waals surface area contributed by atoms with Gasteiger partial charge < -0.3 is 4.74 Å². The molecule has 1 atom stereocenters. The summed E-state index contributed by atoms with van der Waals surface area (Å²) >= 11 is 0. The van der Waals surface area contributed by atoms with Gasteiger partial charge >= 0.3 is 12.1 Å². The number of ether oxygens (including phenoxy) is 1. The number of halogens is 3. The van der Waals surface area contributed by atoms with E-state index in [1.165, 1.54) is 6.92 Å². The predicted molar refractivity (Wildman–Crippen MR) is 73.6 cm³/mol. The quantitative estimate of drug-likeness (QED) is 0.626. The van der Waals surface area contributed by atoms with Crippen molar-refractivity contribution in [1.29, 1.82) is 0 Å². The lowest BCUT2D eigenvalue weighted by Crippen LogP contribution is -2.26. The van der Waals surface area contributed by atoms with Crippen LogP contribution >= 0.6 is 0 Å². The maximum atomic E-state index is 12.4. The highest BCUT2D eigenvalue weighted by Gasteiger charge is 2.33. The molecule has 1 heterocycles. The number of hydrogen-bond acceptors (Lipinski definition) is 4. The number of aromatic nitrogens is 2. The van der Waals surface area contributed by atoms with E-state index in [2.05, 4.69) is 5.10 Å². The lowest BCUT2D eigenvalue weighted by atomic mass is 10.1. The second-order valence-electron chi connectivity index (χ2n) is 4.76. The largest absolute Gasteiger partial charge is 0.453 e. The van der Waals surface area contributed by atoms with Gasteiger partial charge in [-0.1, -0.05) is 30.3 Å². The summed E-state index contributed by atoms with van der Waals surface area (Å²) in [6.07, 6.45) is -4.60. The molecule has 0 aliphatic carbocycles. The smallest absolute Gasteiger partial charge is 0.435 e. The van der Waals surface area contributed by atoms with Crippen molar-refractivity contribution >= 4 is 11.8 Å². The molecule has 8 heteroatoms. The van der Waals surface area contributed by atoms with Gasteiger partial charge in [0.15, 0.2) is 11.8 Å². The monoisotopic (exact) mass is 326 g/mol. The third-order valence-electron chi connectivity index (χ3n) is 2.96. The van der Waals surface area contributed by atoms with E-state index in [1.807, 2.05) is 0 Å². The number of benzene rings is 1. The van der Waals surface area contributed by atoms with Crippen LogP contribution in [0.15, 0.2) is 42.6 Å². The van der Waals surface area contributed by atoms with E-state index < -0.39 is 36.3 Å². The summed E-state index contributed by atoms with van der Waals surface area (Å²) in [5, 5.41) is 3.24. The Morgan fingerprint density at radius 1 is 1.22 bits per heavy atom. The lowest BCUT2D eigenvalue weighted by molar-refractivity contribution is -0.148. The van der Waals surface area contributed by atoms with Gasteiger partial charge in [-0.25, -0.2) is 0 Å². The third kappa shape index (κ3) is 4.41. The molecule has 0 spiro atoms. The van der Waals surface area contributed by atoms with Crippen molar-refractivity contribution in [3.05, 3.63) is 53.9 Å². The fourth-order valence-electron chi connectivity index (χ4n) is 1.86. The minimum atomic E-state index is -4.58. The van der Waals surface area contributed by atoms with Crippen LogP contribution in [0.1, 0.15) is 23.0 Å². The van der Waals surface area contributed by atoms with E-state index in [1.54, 1.807) is 30.3 Å². The van der Waals surface area contributed by atoms with Gasteiger partial charge in [-0.2, -0.15) is 18.3 Å². The van der Waals surface area contributed by atoms with E-state index in [4.69, 9.17) is 4.74 Å². The fourth-order valence-corrected chi connectivity index (χ4v) is 1.86. The molecule has 0 amide bonds. The molecule has 0 radical (unpaired) electrons. The summed E-state index contributed by atoms with van der Waals surface area (Å²) in [6.45, 7) is 0.889. The number of rotatable bonds is 5. The van der Waals surface area contributed by atoms with Gasteiger partial charge in [0.2, 0.25) is 5.78 Å². The standard InChI is InChI=1S/C15H13F3N2O3/c1-10(14(22)11-5-3-2-4-6-11)23-13(21)9-20-8-7-12(19-20)15(16,17)18/h2-8,10H,9H2,1H3. The molecule has 0 aliphatic rings. The number of esters is 1. The molecule has 2 aromatic rings. The van der Waals surface area contributed by atoms with Gasteiger partial charge in [-0.05, 0) is 13.0 Å². The molecule has 0 saturated heterocycles. The third-order valence-corrected chi connectivity index (χ3v) is 2.96. The molecule has 0 saturated carbocycles. The molecular weight excluding hydrogens is 313 g/mol. The highest BCUT2D eigenvalue weighted by atomic mass is 19.4. The van der Waals surface area contributed by atoms with Crippen molar-refractivity contribution in [2.75, 3.05) is 0 Å². The van der Waals surface area contributed by atoms with Gasteiger partial charge in [-0.15, -0.1) is 0 Å². The topological polar surface area (TPSA) is 61.2 Å². The lowest BCUT2D eigenvalue weighted by Gasteiger charge is -2.12. The molecular formula is C15H13F3N2O3. The SMILES string of the molecule is CC(OC(=O)Cn1ccc(C(F)(F)F)n1)C(=O)c1ccccc1. The van der Waals surface area contributed by atoms with E-state index in [0.29, 0.717) is 5.56 Å². The Bertz CT molecular complexity index is 695. The minimum absolute atomic E-state index is 0.381. The Morgan fingerprint density at radius 2 is 1.87 bits per heavy atom. The molecule has 1 aromatic heterocycles. The summed E-state index contributed by atoms with van der Waals surface area (Å²) in [6, 6.07) is 9.00. The van der Waals surface area contributed by atoms with Crippen LogP contribution in [0.25, 0.3) is 0 Å². The van der Waals surface area contributed by atoms with Crippen LogP contribution in [0.4, 0.5) is 13.2 Å². The average Bonchev–Trinajstić information content (AvgIpc) is 2.95. The van der Waals surface area contributed by atoms with Crippen molar-refractivity contribution in [2.24, 2.45) is 0 Å². The maximum absolute atomic E-state index is 12.4. The first-order chi connectivity index (χ1) is 10.8. The minimum Gasteiger partial charge on any atom is -0.453 e. The van der Waals surface area contributed by atoms with Crippen LogP contribution in [-0.2, 0) is 22.3 Å². The van der Waals surface area contributed by atoms with Crippen LogP contribution in [0, 0.1) is 0 Å². The van der Waals surface area contributed by atoms with E-state index in [9.17, 15) is 22.8 Å². The Morgan fingerprint density at radius 3 is 2.43 bits per heavy atom. The van der Waals surface area contributed by atoms with Crippen LogP contribution in [-0.4, -0.2) is 27.6 Å².